The zero-order valence-electron chi connectivity index (χ0n) is 15.3. The number of thioether (sulfide) groups is 1. The summed E-state index contributed by atoms with van der Waals surface area (Å²) in [4.78, 5) is 0. The van der Waals surface area contributed by atoms with Crippen LogP contribution in [0.15, 0.2) is 84.0 Å². The van der Waals surface area contributed by atoms with Crippen LogP contribution >= 0.6 is 23.4 Å². The highest BCUT2D eigenvalue weighted by molar-refractivity contribution is 7.99. The first-order valence-corrected chi connectivity index (χ1v) is 10.3. The molecule has 0 aliphatic rings. The molecule has 4 aromatic rings. The van der Waals surface area contributed by atoms with E-state index >= 15 is 0 Å². The molecule has 29 heavy (non-hydrogen) atoms. The first-order valence-electron chi connectivity index (χ1n) is 8.99. The highest BCUT2D eigenvalue weighted by Gasteiger charge is 2.16. The van der Waals surface area contributed by atoms with Gasteiger partial charge >= 0.3 is 0 Å². The molecule has 0 amide bonds. The quantitative estimate of drug-likeness (QED) is 0.273. The number of benzene rings is 3. The van der Waals surface area contributed by atoms with Crippen molar-refractivity contribution in [2.45, 2.75) is 5.16 Å². The molecular formula is C22H17ClFN3OS. The van der Waals surface area contributed by atoms with Crippen molar-refractivity contribution >= 4 is 23.4 Å². The third-order valence-electron chi connectivity index (χ3n) is 4.15. The number of nitrogens with zero attached hydrogens (tertiary/aromatic N) is 3. The van der Waals surface area contributed by atoms with Gasteiger partial charge in [-0.25, -0.2) is 4.39 Å². The SMILES string of the molecule is Fc1ccc(-n2c(SCCOc3ccccc3)nnc2-c2ccc(Cl)cc2)cc1. The number of hydrogen-bond donors (Lipinski definition) is 0. The molecule has 1 heterocycles. The maximum absolute atomic E-state index is 13.4. The molecule has 0 fully saturated rings. The number of halogens is 2. The molecule has 0 radical (unpaired) electrons. The largest absolute Gasteiger partial charge is 0.493 e. The number of rotatable bonds is 7. The number of hydrogen-bond acceptors (Lipinski definition) is 4. The molecule has 4 rings (SSSR count). The lowest BCUT2D eigenvalue weighted by atomic mass is 10.2. The van der Waals surface area contributed by atoms with E-state index in [4.69, 9.17) is 16.3 Å². The average Bonchev–Trinajstić information content (AvgIpc) is 3.17. The van der Waals surface area contributed by atoms with Crippen molar-refractivity contribution in [2.75, 3.05) is 12.4 Å². The van der Waals surface area contributed by atoms with Gasteiger partial charge in [-0.3, -0.25) is 4.57 Å². The minimum atomic E-state index is -0.291. The zero-order chi connectivity index (χ0) is 20.1. The Kier molecular flexibility index (Phi) is 6.12. The van der Waals surface area contributed by atoms with Crippen molar-refractivity contribution in [3.05, 3.63) is 89.7 Å². The van der Waals surface area contributed by atoms with Crippen molar-refractivity contribution in [3.8, 4) is 22.8 Å². The van der Waals surface area contributed by atoms with E-state index in [2.05, 4.69) is 10.2 Å². The van der Waals surface area contributed by atoms with Crippen LogP contribution in [-0.4, -0.2) is 27.1 Å². The van der Waals surface area contributed by atoms with Crippen LogP contribution < -0.4 is 4.74 Å². The lowest BCUT2D eigenvalue weighted by Gasteiger charge is -2.11. The third-order valence-corrected chi connectivity index (χ3v) is 5.29. The average molecular weight is 426 g/mol. The van der Waals surface area contributed by atoms with E-state index in [1.165, 1.54) is 23.9 Å². The van der Waals surface area contributed by atoms with Crippen molar-refractivity contribution < 1.29 is 9.13 Å². The normalized spacial score (nSPS) is 10.8. The Bertz CT molecular complexity index is 1070. The van der Waals surface area contributed by atoms with Crippen LogP contribution in [-0.2, 0) is 0 Å². The van der Waals surface area contributed by atoms with E-state index in [1.54, 1.807) is 24.3 Å². The smallest absolute Gasteiger partial charge is 0.196 e. The summed E-state index contributed by atoms with van der Waals surface area (Å²) in [5, 5.41) is 10.1. The van der Waals surface area contributed by atoms with Crippen LogP contribution in [0.4, 0.5) is 4.39 Å². The summed E-state index contributed by atoms with van der Waals surface area (Å²) in [6, 6.07) is 23.3. The first-order chi connectivity index (χ1) is 14.2. The fraction of sp³-hybridized carbons (Fsp3) is 0.0909. The van der Waals surface area contributed by atoms with Crippen molar-refractivity contribution in [1.82, 2.24) is 14.8 Å². The van der Waals surface area contributed by atoms with Crippen LogP contribution in [0, 0.1) is 5.82 Å². The number of aromatic nitrogens is 3. The Labute approximate surface area is 177 Å². The van der Waals surface area contributed by atoms with Crippen LogP contribution in [0.5, 0.6) is 5.75 Å². The molecule has 0 N–H and O–H groups in total. The van der Waals surface area contributed by atoms with Gasteiger partial charge in [-0.05, 0) is 60.7 Å². The summed E-state index contributed by atoms with van der Waals surface area (Å²) < 4.78 is 21.1. The predicted octanol–water partition coefficient (Wildman–Crippen LogP) is 5.90. The van der Waals surface area contributed by atoms with Gasteiger partial charge in [-0.2, -0.15) is 0 Å². The minimum absolute atomic E-state index is 0.291. The number of para-hydroxylation sites is 1. The van der Waals surface area contributed by atoms with Crippen LogP contribution in [0.2, 0.25) is 5.02 Å². The molecule has 7 heteroatoms. The van der Waals surface area contributed by atoms with E-state index in [0.29, 0.717) is 28.4 Å². The molecule has 1 aromatic heterocycles. The second kappa shape index (κ2) is 9.11. The molecular weight excluding hydrogens is 409 g/mol. The first kappa shape index (κ1) is 19.5. The van der Waals surface area contributed by atoms with Crippen LogP contribution in [0.25, 0.3) is 17.1 Å². The molecule has 0 saturated carbocycles. The Hall–Kier alpha value is -2.83. The fourth-order valence-electron chi connectivity index (χ4n) is 2.78. The number of ether oxygens (including phenoxy) is 1. The molecule has 146 valence electrons. The molecule has 0 aliphatic heterocycles. The molecule has 0 aliphatic carbocycles. The Balaban J connectivity index is 1.57. The van der Waals surface area contributed by atoms with E-state index < -0.39 is 0 Å². The second-order valence-electron chi connectivity index (χ2n) is 6.13. The van der Waals surface area contributed by atoms with Crippen molar-refractivity contribution in [2.24, 2.45) is 0 Å². The van der Waals surface area contributed by atoms with E-state index in [9.17, 15) is 4.39 Å². The Morgan fingerprint density at radius 1 is 0.897 bits per heavy atom. The summed E-state index contributed by atoms with van der Waals surface area (Å²) in [6.07, 6.45) is 0. The topological polar surface area (TPSA) is 39.9 Å². The van der Waals surface area contributed by atoms with Gasteiger partial charge in [0.15, 0.2) is 11.0 Å². The minimum Gasteiger partial charge on any atom is -0.493 e. The van der Waals surface area contributed by atoms with Crippen molar-refractivity contribution in [1.29, 1.82) is 0 Å². The molecule has 0 bridgehead atoms. The summed E-state index contributed by atoms with van der Waals surface area (Å²) >= 11 is 7.54. The van der Waals surface area contributed by atoms with Gasteiger partial charge in [0.1, 0.15) is 11.6 Å². The summed E-state index contributed by atoms with van der Waals surface area (Å²) in [6.45, 7) is 0.529. The predicted molar refractivity (Wildman–Crippen MR) is 114 cm³/mol. The van der Waals surface area contributed by atoms with Gasteiger partial charge in [0.25, 0.3) is 0 Å². The van der Waals surface area contributed by atoms with Crippen LogP contribution in [0.3, 0.4) is 0 Å². The zero-order valence-corrected chi connectivity index (χ0v) is 16.9. The maximum Gasteiger partial charge on any atom is 0.196 e. The lowest BCUT2D eigenvalue weighted by Crippen LogP contribution is -2.03. The molecule has 0 atom stereocenters. The molecule has 3 aromatic carbocycles. The van der Waals surface area contributed by atoms with Gasteiger partial charge in [0.2, 0.25) is 0 Å². The highest BCUT2D eigenvalue weighted by atomic mass is 35.5. The maximum atomic E-state index is 13.4. The van der Waals surface area contributed by atoms with E-state index in [-0.39, 0.29) is 5.82 Å². The highest BCUT2D eigenvalue weighted by Crippen LogP contribution is 2.29. The second-order valence-corrected chi connectivity index (χ2v) is 7.63. The Morgan fingerprint density at radius 3 is 2.34 bits per heavy atom. The van der Waals surface area contributed by atoms with Gasteiger partial charge < -0.3 is 4.74 Å². The molecule has 0 saturated heterocycles. The van der Waals surface area contributed by atoms with E-state index in [1.807, 2.05) is 47.0 Å². The standard InChI is InChI=1S/C22H17ClFN3OS/c23-17-8-6-16(7-9-17)21-25-26-22(27(21)19-12-10-18(24)11-13-19)29-15-14-28-20-4-2-1-3-5-20/h1-13H,14-15H2. The monoisotopic (exact) mass is 425 g/mol. The molecule has 0 unspecified atom stereocenters. The molecule has 0 spiro atoms. The lowest BCUT2D eigenvalue weighted by molar-refractivity contribution is 0.344. The van der Waals surface area contributed by atoms with Gasteiger partial charge in [-0.15, -0.1) is 10.2 Å². The third kappa shape index (κ3) is 4.78. The summed E-state index contributed by atoms with van der Waals surface area (Å²) in [5.41, 5.74) is 1.66. The van der Waals surface area contributed by atoms with Gasteiger partial charge in [0, 0.05) is 22.0 Å². The van der Waals surface area contributed by atoms with Crippen LogP contribution in [0.1, 0.15) is 0 Å². The van der Waals surface area contributed by atoms with Crippen molar-refractivity contribution in [3.63, 3.8) is 0 Å². The summed E-state index contributed by atoms with van der Waals surface area (Å²) in [5.74, 6) is 1.89. The fourth-order valence-corrected chi connectivity index (χ4v) is 3.68. The van der Waals surface area contributed by atoms with Gasteiger partial charge in [-0.1, -0.05) is 41.6 Å². The van der Waals surface area contributed by atoms with Gasteiger partial charge in [0.05, 0.1) is 6.61 Å². The summed E-state index contributed by atoms with van der Waals surface area (Å²) in [7, 11) is 0. The Morgan fingerprint density at radius 2 is 1.62 bits per heavy atom. The van der Waals surface area contributed by atoms with E-state index in [0.717, 1.165) is 17.0 Å². The molecule has 4 nitrogen and oxygen atoms in total.